The molecule has 0 bridgehead atoms. The lowest BCUT2D eigenvalue weighted by molar-refractivity contribution is -0.117. The number of hydrogen-bond acceptors (Lipinski definition) is 4. The summed E-state index contributed by atoms with van der Waals surface area (Å²) in [5.74, 6) is 1.34. The zero-order chi connectivity index (χ0) is 24.2. The molecule has 184 valence electrons. The summed E-state index contributed by atoms with van der Waals surface area (Å²) < 4.78 is 5.24. The van der Waals surface area contributed by atoms with Gasteiger partial charge in [-0.05, 0) is 48.4 Å². The molecule has 2 amide bonds. The first-order valence-corrected chi connectivity index (χ1v) is 13.6. The van der Waals surface area contributed by atoms with Crippen LogP contribution in [0.25, 0.3) is 0 Å². The lowest BCUT2D eigenvalue weighted by Crippen LogP contribution is -2.27. The van der Waals surface area contributed by atoms with Crippen LogP contribution in [0.15, 0.2) is 48.5 Å². The molecule has 2 aromatic carbocycles. The Balaban J connectivity index is 1.49. The fourth-order valence-electron chi connectivity index (χ4n) is 4.28. The van der Waals surface area contributed by atoms with E-state index in [1.165, 1.54) is 44.9 Å². The van der Waals surface area contributed by atoms with E-state index in [-0.39, 0.29) is 17.2 Å². The highest BCUT2D eigenvalue weighted by atomic mass is 32.2. The van der Waals surface area contributed by atoms with Gasteiger partial charge in [-0.15, -0.1) is 11.8 Å². The molecular formula is C28H38N2O3S. The van der Waals surface area contributed by atoms with Crippen LogP contribution in [0.1, 0.15) is 82.1 Å². The summed E-state index contributed by atoms with van der Waals surface area (Å²) in [5.41, 5.74) is 2.64. The van der Waals surface area contributed by atoms with Gasteiger partial charge in [-0.2, -0.15) is 0 Å². The predicted molar refractivity (Wildman–Crippen MR) is 143 cm³/mol. The number of ether oxygens (including phenoxy) is 1. The molecule has 0 saturated carbocycles. The number of nitrogens with one attached hydrogen (secondary N) is 1. The minimum atomic E-state index is -0.116. The Morgan fingerprint density at radius 1 is 1.00 bits per heavy atom. The first kappa shape index (κ1) is 26.1. The van der Waals surface area contributed by atoms with Crippen LogP contribution in [-0.2, 0) is 9.59 Å². The van der Waals surface area contributed by atoms with E-state index in [2.05, 4.69) is 12.2 Å². The molecule has 2 aromatic rings. The number of anilines is 2. The number of unbranched alkanes of at least 4 members (excludes halogenated alkanes) is 8. The third kappa shape index (κ3) is 7.79. The largest absolute Gasteiger partial charge is 0.497 e. The van der Waals surface area contributed by atoms with Crippen LogP contribution in [0.5, 0.6) is 5.75 Å². The number of carbonyl (C=O) groups is 2. The molecule has 1 fully saturated rings. The fraction of sp³-hybridized carbons (Fsp3) is 0.500. The molecule has 1 heterocycles. The number of rotatable bonds is 14. The molecule has 1 aliphatic heterocycles. The number of carbonyl (C=O) groups excluding carboxylic acids is 2. The lowest BCUT2D eigenvalue weighted by atomic mass is 10.1. The SMILES string of the molecule is CCCCCCCCCCCC(=O)Nc1cccc(C2SCC(=O)N2c2ccc(OC)cc2)c1. The molecule has 1 aliphatic rings. The van der Waals surface area contributed by atoms with Crippen molar-refractivity contribution >= 4 is 35.0 Å². The number of hydrogen-bond donors (Lipinski definition) is 1. The minimum Gasteiger partial charge on any atom is -0.497 e. The van der Waals surface area contributed by atoms with Crippen LogP contribution in [0.2, 0.25) is 0 Å². The van der Waals surface area contributed by atoms with E-state index < -0.39 is 0 Å². The second kappa shape index (κ2) is 14.1. The van der Waals surface area contributed by atoms with Gasteiger partial charge in [0.05, 0.1) is 12.9 Å². The highest BCUT2D eigenvalue weighted by Gasteiger charge is 2.34. The quantitative estimate of drug-likeness (QED) is 0.286. The number of nitrogens with zero attached hydrogens (tertiary/aromatic N) is 1. The molecule has 1 N–H and O–H groups in total. The van der Waals surface area contributed by atoms with Crippen molar-refractivity contribution in [3.63, 3.8) is 0 Å². The van der Waals surface area contributed by atoms with Crippen LogP contribution in [-0.4, -0.2) is 24.7 Å². The molecule has 0 radical (unpaired) electrons. The normalized spacial score (nSPS) is 15.5. The monoisotopic (exact) mass is 482 g/mol. The van der Waals surface area contributed by atoms with Crippen molar-refractivity contribution in [1.82, 2.24) is 0 Å². The molecule has 1 saturated heterocycles. The third-order valence-corrected chi connectivity index (χ3v) is 7.39. The Bertz CT molecular complexity index is 916. The maximum atomic E-state index is 12.6. The predicted octanol–water partition coefficient (Wildman–Crippen LogP) is 7.33. The molecule has 0 spiro atoms. The summed E-state index contributed by atoms with van der Waals surface area (Å²) in [6.07, 6.45) is 11.7. The van der Waals surface area contributed by atoms with Gasteiger partial charge in [-0.25, -0.2) is 0 Å². The van der Waals surface area contributed by atoms with E-state index in [9.17, 15) is 9.59 Å². The number of benzene rings is 2. The molecule has 5 nitrogen and oxygen atoms in total. The van der Waals surface area contributed by atoms with Gasteiger partial charge < -0.3 is 10.1 Å². The van der Waals surface area contributed by atoms with Gasteiger partial charge in [0.15, 0.2) is 0 Å². The Kier molecular flexibility index (Phi) is 10.8. The molecule has 6 heteroatoms. The van der Waals surface area contributed by atoms with Gasteiger partial charge in [-0.3, -0.25) is 14.5 Å². The van der Waals surface area contributed by atoms with Gasteiger partial charge in [-0.1, -0.05) is 70.4 Å². The van der Waals surface area contributed by atoms with Crippen LogP contribution < -0.4 is 15.0 Å². The Morgan fingerprint density at radius 3 is 2.35 bits per heavy atom. The standard InChI is InChI=1S/C28H38N2O3S/c1-3-4-5-6-7-8-9-10-11-15-26(31)29-23-14-12-13-22(20-23)28-30(27(32)21-34-28)24-16-18-25(33-2)19-17-24/h12-14,16-20,28H,3-11,15,21H2,1-2H3,(H,29,31). The Morgan fingerprint density at radius 2 is 1.68 bits per heavy atom. The molecular weight excluding hydrogens is 444 g/mol. The smallest absolute Gasteiger partial charge is 0.238 e. The third-order valence-electron chi connectivity index (χ3n) is 6.18. The van der Waals surface area contributed by atoms with Crippen molar-refractivity contribution in [3.05, 3.63) is 54.1 Å². The highest BCUT2D eigenvalue weighted by molar-refractivity contribution is 8.00. The van der Waals surface area contributed by atoms with Crippen molar-refractivity contribution in [3.8, 4) is 5.75 Å². The van der Waals surface area contributed by atoms with Crippen molar-refractivity contribution in [2.75, 3.05) is 23.1 Å². The summed E-state index contributed by atoms with van der Waals surface area (Å²) >= 11 is 1.60. The van der Waals surface area contributed by atoms with Crippen LogP contribution >= 0.6 is 11.8 Å². The van der Waals surface area contributed by atoms with E-state index >= 15 is 0 Å². The zero-order valence-corrected chi connectivity index (χ0v) is 21.4. The fourth-order valence-corrected chi connectivity index (χ4v) is 5.45. The summed E-state index contributed by atoms with van der Waals surface area (Å²) in [7, 11) is 1.63. The molecule has 1 unspecified atom stereocenters. The van der Waals surface area contributed by atoms with E-state index in [0.717, 1.165) is 35.5 Å². The van der Waals surface area contributed by atoms with Crippen molar-refractivity contribution in [2.45, 2.75) is 76.5 Å². The topological polar surface area (TPSA) is 58.6 Å². The van der Waals surface area contributed by atoms with Crippen LogP contribution in [0.3, 0.4) is 0 Å². The summed E-state index contributed by atoms with van der Waals surface area (Å²) in [6.45, 7) is 2.24. The zero-order valence-electron chi connectivity index (χ0n) is 20.6. The van der Waals surface area contributed by atoms with Crippen molar-refractivity contribution in [2.24, 2.45) is 0 Å². The highest BCUT2D eigenvalue weighted by Crippen LogP contribution is 2.42. The number of thioether (sulfide) groups is 1. The first-order valence-electron chi connectivity index (χ1n) is 12.6. The minimum absolute atomic E-state index is 0.0576. The second-order valence-electron chi connectivity index (χ2n) is 8.88. The van der Waals surface area contributed by atoms with Gasteiger partial charge in [0.1, 0.15) is 11.1 Å². The molecule has 1 atom stereocenters. The molecule has 0 aliphatic carbocycles. The van der Waals surface area contributed by atoms with Crippen molar-refractivity contribution < 1.29 is 14.3 Å². The van der Waals surface area contributed by atoms with E-state index in [0.29, 0.717) is 12.2 Å². The summed E-state index contributed by atoms with van der Waals surface area (Å²) in [4.78, 5) is 26.9. The van der Waals surface area contributed by atoms with Gasteiger partial charge in [0, 0.05) is 17.8 Å². The Hall–Kier alpha value is -2.47. The van der Waals surface area contributed by atoms with Gasteiger partial charge in [0.25, 0.3) is 0 Å². The van der Waals surface area contributed by atoms with Gasteiger partial charge in [0.2, 0.25) is 11.8 Å². The van der Waals surface area contributed by atoms with Crippen LogP contribution in [0.4, 0.5) is 11.4 Å². The second-order valence-corrected chi connectivity index (χ2v) is 9.95. The number of methoxy groups -OCH3 is 1. The summed E-state index contributed by atoms with van der Waals surface area (Å²) in [5, 5.41) is 2.93. The first-order chi connectivity index (χ1) is 16.6. The number of amides is 2. The maximum absolute atomic E-state index is 12.6. The lowest BCUT2D eigenvalue weighted by Gasteiger charge is -2.25. The van der Waals surface area contributed by atoms with Gasteiger partial charge >= 0.3 is 0 Å². The summed E-state index contributed by atoms with van der Waals surface area (Å²) in [6, 6.07) is 15.4. The van der Waals surface area contributed by atoms with Crippen LogP contribution in [0, 0.1) is 0 Å². The molecule has 0 aromatic heterocycles. The average molecular weight is 483 g/mol. The van der Waals surface area contributed by atoms with E-state index in [1.807, 2.05) is 53.4 Å². The molecule has 34 heavy (non-hydrogen) atoms. The molecule has 3 rings (SSSR count). The van der Waals surface area contributed by atoms with E-state index in [1.54, 1.807) is 18.9 Å². The van der Waals surface area contributed by atoms with Crippen molar-refractivity contribution in [1.29, 1.82) is 0 Å². The average Bonchev–Trinajstić information content (AvgIpc) is 3.24. The maximum Gasteiger partial charge on any atom is 0.238 e. The Labute approximate surface area is 208 Å². The van der Waals surface area contributed by atoms with E-state index in [4.69, 9.17) is 4.74 Å².